The number of nitrogens with zero attached hydrogens (tertiary/aromatic N) is 5. The highest BCUT2D eigenvalue weighted by atomic mass is 16.2. The van der Waals surface area contributed by atoms with Crippen molar-refractivity contribution in [1.82, 2.24) is 24.4 Å². The van der Waals surface area contributed by atoms with Gasteiger partial charge in [0.15, 0.2) is 5.78 Å². The summed E-state index contributed by atoms with van der Waals surface area (Å²) in [6, 6.07) is 10.4. The Balaban J connectivity index is 1.34. The maximum Gasteiger partial charge on any atom is 0.248 e. The van der Waals surface area contributed by atoms with Crippen molar-refractivity contribution in [2.75, 3.05) is 11.9 Å². The maximum absolute atomic E-state index is 13.2. The minimum absolute atomic E-state index is 0.0159. The molecule has 190 valence electrons. The smallest absolute Gasteiger partial charge is 0.248 e. The van der Waals surface area contributed by atoms with Gasteiger partial charge in [-0.1, -0.05) is 17.9 Å². The van der Waals surface area contributed by atoms with E-state index < -0.39 is 6.04 Å². The molecule has 1 N–H and O–H groups in total. The summed E-state index contributed by atoms with van der Waals surface area (Å²) in [6.07, 6.45) is 5.61. The first-order valence-corrected chi connectivity index (χ1v) is 12.3. The zero-order chi connectivity index (χ0) is 26.8. The van der Waals surface area contributed by atoms with Crippen LogP contribution in [0.15, 0.2) is 55.0 Å². The molecule has 1 aromatic carbocycles. The topological polar surface area (TPSA) is 110 Å². The van der Waals surface area contributed by atoms with Gasteiger partial charge < -0.3 is 14.8 Å². The fourth-order valence-electron chi connectivity index (χ4n) is 4.40. The van der Waals surface area contributed by atoms with Gasteiger partial charge in [0.2, 0.25) is 11.8 Å². The van der Waals surface area contributed by atoms with E-state index >= 15 is 0 Å². The Kier molecular flexibility index (Phi) is 6.71. The van der Waals surface area contributed by atoms with Crippen molar-refractivity contribution in [3.05, 3.63) is 83.2 Å². The van der Waals surface area contributed by atoms with Crippen LogP contribution in [-0.4, -0.2) is 54.6 Å². The highest BCUT2D eigenvalue weighted by Gasteiger charge is 2.37. The Morgan fingerprint density at radius 2 is 1.82 bits per heavy atom. The standard InChI is InChI=1S/C29H26N6O3/c1-18-5-4-6-27(32-18)33-29(38)26-11-12-35(26)28(37)17-34-16-24(19(2)36)23-13-21(9-10-25(23)34)7-8-22-14-30-20(3)31-15-22/h4-6,9-10,13-16,26H,11-12,17H2,1-3H3,(H,32,33,38)/t26-/m0/s1. The van der Waals surface area contributed by atoms with Gasteiger partial charge in [0.1, 0.15) is 24.2 Å². The summed E-state index contributed by atoms with van der Waals surface area (Å²) in [4.78, 5) is 52.5. The van der Waals surface area contributed by atoms with Crippen LogP contribution >= 0.6 is 0 Å². The molecule has 4 aromatic rings. The van der Waals surface area contributed by atoms with E-state index in [1.165, 1.54) is 6.92 Å². The average molecular weight is 507 g/mol. The van der Waals surface area contributed by atoms with Gasteiger partial charge in [-0.05, 0) is 57.5 Å². The molecule has 0 spiro atoms. The Hall–Kier alpha value is -4.84. The predicted molar refractivity (Wildman–Crippen MR) is 142 cm³/mol. The number of likely N-dealkylation sites (tertiary alicyclic amines) is 1. The second-order valence-electron chi connectivity index (χ2n) is 9.27. The van der Waals surface area contributed by atoms with Gasteiger partial charge in [0, 0.05) is 52.9 Å². The minimum Gasteiger partial charge on any atom is -0.337 e. The molecule has 1 aliphatic heterocycles. The number of benzene rings is 1. The van der Waals surface area contributed by atoms with E-state index in [2.05, 4.69) is 32.1 Å². The summed E-state index contributed by atoms with van der Waals surface area (Å²) >= 11 is 0. The summed E-state index contributed by atoms with van der Waals surface area (Å²) in [5, 5.41) is 3.52. The molecule has 0 aliphatic carbocycles. The third-order valence-corrected chi connectivity index (χ3v) is 6.48. The van der Waals surface area contributed by atoms with Crippen molar-refractivity contribution in [3.63, 3.8) is 0 Å². The molecule has 0 unspecified atom stereocenters. The van der Waals surface area contributed by atoms with Crippen LogP contribution < -0.4 is 5.32 Å². The number of hydrogen-bond donors (Lipinski definition) is 1. The fourth-order valence-corrected chi connectivity index (χ4v) is 4.40. The molecule has 1 fully saturated rings. The number of carbonyl (C=O) groups excluding carboxylic acids is 3. The van der Waals surface area contributed by atoms with Crippen molar-refractivity contribution in [2.45, 2.75) is 39.8 Å². The van der Waals surface area contributed by atoms with Crippen LogP contribution in [0.3, 0.4) is 0 Å². The summed E-state index contributed by atoms with van der Waals surface area (Å²) in [5.41, 5.74) is 3.48. The first kappa shape index (κ1) is 24.8. The number of rotatable bonds is 5. The number of pyridine rings is 1. The van der Waals surface area contributed by atoms with Crippen LogP contribution in [0.5, 0.6) is 0 Å². The molecule has 9 nitrogen and oxygen atoms in total. The molecule has 9 heteroatoms. The molecule has 3 aromatic heterocycles. The van der Waals surface area contributed by atoms with Gasteiger partial charge in [0.05, 0.1) is 5.56 Å². The first-order chi connectivity index (χ1) is 18.3. The molecule has 2 amide bonds. The van der Waals surface area contributed by atoms with Crippen LogP contribution in [-0.2, 0) is 16.1 Å². The van der Waals surface area contributed by atoms with E-state index in [9.17, 15) is 14.4 Å². The molecule has 38 heavy (non-hydrogen) atoms. The van der Waals surface area contributed by atoms with Gasteiger partial charge in [0.25, 0.3) is 0 Å². The largest absolute Gasteiger partial charge is 0.337 e. The number of Topliss-reactive ketones (excluding diaryl/α,β-unsaturated/α-hetero) is 1. The van der Waals surface area contributed by atoms with Crippen molar-refractivity contribution in [3.8, 4) is 11.8 Å². The quantitative estimate of drug-likeness (QED) is 0.329. The van der Waals surface area contributed by atoms with Crippen LogP contribution in [0.2, 0.25) is 0 Å². The van der Waals surface area contributed by atoms with Crippen molar-refractivity contribution < 1.29 is 14.4 Å². The molecule has 5 rings (SSSR count). The summed E-state index contributed by atoms with van der Waals surface area (Å²) in [5.74, 6) is 6.71. The number of nitrogens with one attached hydrogen (secondary N) is 1. The second kappa shape index (κ2) is 10.3. The molecule has 1 aliphatic rings. The third kappa shape index (κ3) is 5.15. The van der Waals surface area contributed by atoms with E-state index in [0.29, 0.717) is 35.7 Å². The highest BCUT2D eigenvalue weighted by molar-refractivity contribution is 6.07. The number of anilines is 1. The van der Waals surface area contributed by atoms with Crippen LogP contribution in [0, 0.1) is 25.7 Å². The molecule has 0 saturated carbocycles. The summed E-state index contributed by atoms with van der Waals surface area (Å²) < 4.78 is 1.76. The van der Waals surface area contributed by atoms with Gasteiger partial charge in [-0.15, -0.1) is 0 Å². The maximum atomic E-state index is 13.2. The summed E-state index contributed by atoms with van der Waals surface area (Å²) in [6.45, 7) is 5.67. The van der Waals surface area contributed by atoms with Gasteiger partial charge >= 0.3 is 0 Å². The number of hydrogen-bond acceptors (Lipinski definition) is 6. The molecule has 4 heterocycles. The monoisotopic (exact) mass is 506 g/mol. The molecular weight excluding hydrogens is 480 g/mol. The first-order valence-electron chi connectivity index (χ1n) is 12.3. The van der Waals surface area contributed by atoms with Gasteiger partial charge in [-0.3, -0.25) is 14.4 Å². The molecule has 1 atom stereocenters. The normalized spacial score (nSPS) is 14.4. The SMILES string of the molecule is CC(=O)c1cn(CC(=O)N2CC[C@H]2C(=O)Nc2cccc(C)n2)c2ccc(C#Cc3cnc(C)nc3)cc12. The fraction of sp³-hybridized carbons (Fsp3) is 0.241. The Morgan fingerprint density at radius 1 is 1.05 bits per heavy atom. The van der Waals surface area contributed by atoms with E-state index in [-0.39, 0.29) is 24.1 Å². The summed E-state index contributed by atoms with van der Waals surface area (Å²) in [7, 11) is 0. The lowest BCUT2D eigenvalue weighted by Gasteiger charge is -2.39. The number of aromatic nitrogens is 4. The van der Waals surface area contributed by atoms with Crippen molar-refractivity contribution >= 4 is 34.3 Å². The number of fused-ring (bicyclic) bond motifs is 1. The minimum atomic E-state index is -0.549. The molecule has 1 saturated heterocycles. The van der Waals surface area contributed by atoms with E-state index in [1.807, 2.05) is 44.2 Å². The number of aryl methyl sites for hydroxylation is 2. The van der Waals surface area contributed by atoms with E-state index in [4.69, 9.17) is 0 Å². The van der Waals surface area contributed by atoms with Gasteiger partial charge in [-0.25, -0.2) is 15.0 Å². The number of amides is 2. The van der Waals surface area contributed by atoms with Crippen LogP contribution in [0.1, 0.15) is 46.3 Å². The zero-order valence-electron chi connectivity index (χ0n) is 21.4. The third-order valence-electron chi connectivity index (χ3n) is 6.48. The van der Waals surface area contributed by atoms with Crippen molar-refractivity contribution in [1.29, 1.82) is 0 Å². The molecular formula is C29H26N6O3. The predicted octanol–water partition coefficient (Wildman–Crippen LogP) is 3.29. The number of ketones is 1. The Labute approximate surface area is 219 Å². The van der Waals surface area contributed by atoms with E-state index in [1.54, 1.807) is 34.1 Å². The number of carbonyl (C=O) groups is 3. The zero-order valence-corrected chi connectivity index (χ0v) is 21.4. The lowest BCUT2D eigenvalue weighted by molar-refractivity contribution is -0.145. The van der Waals surface area contributed by atoms with Crippen molar-refractivity contribution in [2.24, 2.45) is 0 Å². The molecule has 0 bridgehead atoms. The molecule has 0 radical (unpaired) electrons. The lowest BCUT2D eigenvalue weighted by Crippen LogP contribution is -2.57. The highest BCUT2D eigenvalue weighted by Crippen LogP contribution is 2.25. The van der Waals surface area contributed by atoms with Gasteiger partial charge in [-0.2, -0.15) is 0 Å². The average Bonchev–Trinajstić information content (AvgIpc) is 3.20. The Bertz CT molecular complexity index is 1630. The Morgan fingerprint density at radius 3 is 2.50 bits per heavy atom. The lowest BCUT2D eigenvalue weighted by atomic mass is 10.0. The van der Waals surface area contributed by atoms with Crippen LogP contribution in [0.4, 0.5) is 5.82 Å². The second-order valence-corrected chi connectivity index (χ2v) is 9.27. The van der Waals surface area contributed by atoms with Crippen LogP contribution in [0.25, 0.3) is 10.9 Å². The van der Waals surface area contributed by atoms with E-state index in [0.717, 1.165) is 22.2 Å².